The van der Waals surface area contributed by atoms with E-state index >= 15 is 0 Å². The Morgan fingerprint density at radius 1 is 1.09 bits per heavy atom. The fraction of sp³-hybridized carbons (Fsp3) is 0.250. The molecule has 172 valence electrons. The van der Waals surface area contributed by atoms with Gasteiger partial charge in [0.15, 0.2) is 5.69 Å². The Bertz CT molecular complexity index is 1320. The molecule has 1 amide bonds. The number of non-ortho nitro benzene ring substituents is 1. The van der Waals surface area contributed by atoms with Gasteiger partial charge in [0.05, 0.1) is 21.2 Å². The van der Waals surface area contributed by atoms with Crippen LogP contribution in [0, 0.1) is 22.9 Å². The quantitative estimate of drug-likeness (QED) is 0.407. The Kier molecular flexibility index (Phi) is 5.91. The summed E-state index contributed by atoms with van der Waals surface area (Å²) in [5.41, 5.74) is 0.825. The summed E-state index contributed by atoms with van der Waals surface area (Å²) in [6, 6.07) is 10.4. The number of rotatable bonds is 5. The summed E-state index contributed by atoms with van der Waals surface area (Å²) >= 11 is 0. The zero-order valence-corrected chi connectivity index (χ0v) is 18.3. The summed E-state index contributed by atoms with van der Waals surface area (Å²) in [6.07, 6.45) is 0. The number of carbonyl (C=O) groups is 1. The van der Waals surface area contributed by atoms with E-state index in [1.54, 1.807) is 6.92 Å². The minimum atomic E-state index is -3.95. The average Bonchev–Trinajstić information content (AvgIpc) is 3.20. The van der Waals surface area contributed by atoms with Crippen molar-refractivity contribution in [3.8, 4) is 5.69 Å². The number of nitro benzene ring substituents is 1. The second-order valence-electron chi connectivity index (χ2n) is 7.36. The van der Waals surface area contributed by atoms with Gasteiger partial charge in [0.25, 0.3) is 11.6 Å². The van der Waals surface area contributed by atoms with Crippen molar-refractivity contribution in [2.45, 2.75) is 11.8 Å². The van der Waals surface area contributed by atoms with Crippen LogP contribution in [0.5, 0.6) is 0 Å². The van der Waals surface area contributed by atoms with Crippen LogP contribution < -0.4 is 0 Å². The lowest BCUT2D eigenvalue weighted by atomic mass is 10.2. The Labute approximate surface area is 188 Å². The second kappa shape index (κ2) is 8.67. The van der Waals surface area contributed by atoms with Crippen LogP contribution in [0.1, 0.15) is 16.2 Å². The molecule has 0 radical (unpaired) electrons. The number of piperazine rings is 1. The number of hydrogen-bond donors (Lipinski definition) is 0. The van der Waals surface area contributed by atoms with Gasteiger partial charge in [0.2, 0.25) is 10.0 Å². The van der Waals surface area contributed by atoms with Gasteiger partial charge in [-0.05, 0) is 37.3 Å². The van der Waals surface area contributed by atoms with Crippen LogP contribution in [0.2, 0.25) is 0 Å². The summed E-state index contributed by atoms with van der Waals surface area (Å²) in [4.78, 5) is 24.6. The molecule has 1 fully saturated rings. The smallest absolute Gasteiger partial charge is 0.276 e. The van der Waals surface area contributed by atoms with Gasteiger partial charge < -0.3 is 4.90 Å². The first-order valence-corrected chi connectivity index (χ1v) is 11.3. The molecule has 1 aliphatic heterocycles. The summed E-state index contributed by atoms with van der Waals surface area (Å²) in [6.45, 7) is 1.97. The predicted octanol–water partition coefficient (Wildman–Crippen LogP) is 1.77. The lowest BCUT2D eigenvalue weighted by Gasteiger charge is -2.33. The normalized spacial score (nSPS) is 14.9. The maximum absolute atomic E-state index is 13.2. The van der Waals surface area contributed by atoms with Gasteiger partial charge in [0, 0.05) is 38.3 Å². The summed E-state index contributed by atoms with van der Waals surface area (Å²) < 4.78 is 41.6. The Balaban J connectivity index is 1.47. The first kappa shape index (κ1) is 22.5. The SMILES string of the molecule is Cc1c(C(=O)N2CCN(S(=O)(=O)c3cccc([N+](=O)[O-])c3)CC2)nnn1-c1ccc(F)cc1. The molecule has 13 heteroatoms. The van der Waals surface area contributed by atoms with Gasteiger partial charge >= 0.3 is 0 Å². The molecule has 1 saturated heterocycles. The highest BCUT2D eigenvalue weighted by atomic mass is 32.2. The zero-order valence-electron chi connectivity index (χ0n) is 17.5. The maximum atomic E-state index is 13.2. The van der Waals surface area contributed by atoms with Crippen molar-refractivity contribution in [2.75, 3.05) is 26.2 Å². The summed E-state index contributed by atoms with van der Waals surface area (Å²) in [5, 5.41) is 18.9. The molecule has 0 spiro atoms. The van der Waals surface area contributed by atoms with Gasteiger partial charge in [-0.15, -0.1) is 5.10 Å². The standard InChI is InChI=1S/C20H19FN6O5S/c1-14-19(22-23-26(14)16-7-5-15(21)6-8-16)20(28)24-9-11-25(12-10-24)33(31,32)18-4-2-3-17(13-18)27(29)30/h2-8,13H,9-12H2,1H3. The Morgan fingerprint density at radius 2 is 1.76 bits per heavy atom. The lowest BCUT2D eigenvalue weighted by molar-refractivity contribution is -0.385. The largest absolute Gasteiger partial charge is 0.335 e. The molecule has 4 rings (SSSR count). The van der Waals surface area contributed by atoms with Crippen molar-refractivity contribution in [3.63, 3.8) is 0 Å². The van der Waals surface area contributed by atoms with E-state index in [0.29, 0.717) is 11.4 Å². The number of aromatic nitrogens is 3. The third-order valence-electron chi connectivity index (χ3n) is 5.36. The van der Waals surface area contributed by atoms with Crippen molar-refractivity contribution in [1.82, 2.24) is 24.2 Å². The van der Waals surface area contributed by atoms with Crippen LogP contribution in [-0.2, 0) is 10.0 Å². The Hall–Kier alpha value is -3.71. The minimum absolute atomic E-state index is 0.0297. The number of hydrogen-bond acceptors (Lipinski definition) is 7. The van der Waals surface area contributed by atoms with Crippen LogP contribution in [-0.4, -0.2) is 69.6 Å². The highest BCUT2D eigenvalue weighted by Gasteiger charge is 2.32. The van der Waals surface area contributed by atoms with E-state index in [-0.39, 0.29) is 42.5 Å². The highest BCUT2D eigenvalue weighted by molar-refractivity contribution is 7.89. The van der Waals surface area contributed by atoms with E-state index in [1.165, 1.54) is 56.4 Å². The number of sulfonamides is 1. The highest BCUT2D eigenvalue weighted by Crippen LogP contribution is 2.23. The first-order chi connectivity index (χ1) is 15.7. The van der Waals surface area contributed by atoms with Gasteiger partial charge in [0.1, 0.15) is 5.82 Å². The zero-order chi connectivity index (χ0) is 23.8. The fourth-order valence-corrected chi connectivity index (χ4v) is 5.00. The number of halogens is 1. The van der Waals surface area contributed by atoms with Crippen LogP contribution in [0.15, 0.2) is 53.4 Å². The number of carbonyl (C=O) groups excluding carboxylic acids is 1. The van der Waals surface area contributed by atoms with E-state index in [2.05, 4.69) is 10.3 Å². The van der Waals surface area contributed by atoms with Gasteiger partial charge in [-0.25, -0.2) is 17.5 Å². The molecule has 0 bridgehead atoms. The second-order valence-corrected chi connectivity index (χ2v) is 9.30. The number of amides is 1. The van der Waals surface area contributed by atoms with Crippen LogP contribution in [0.4, 0.5) is 10.1 Å². The van der Waals surface area contributed by atoms with Gasteiger partial charge in [-0.1, -0.05) is 11.3 Å². The molecule has 33 heavy (non-hydrogen) atoms. The molecule has 1 aromatic heterocycles. The molecule has 0 N–H and O–H groups in total. The monoisotopic (exact) mass is 474 g/mol. The van der Waals surface area contributed by atoms with Crippen molar-refractivity contribution >= 4 is 21.6 Å². The van der Waals surface area contributed by atoms with Crippen molar-refractivity contribution in [1.29, 1.82) is 0 Å². The molecular formula is C20H19FN6O5S. The maximum Gasteiger partial charge on any atom is 0.276 e. The first-order valence-electron chi connectivity index (χ1n) is 9.90. The molecule has 2 heterocycles. The number of nitrogens with zero attached hydrogens (tertiary/aromatic N) is 6. The lowest BCUT2D eigenvalue weighted by Crippen LogP contribution is -2.50. The molecule has 0 unspecified atom stereocenters. The Morgan fingerprint density at radius 3 is 2.39 bits per heavy atom. The average molecular weight is 474 g/mol. The van der Waals surface area contributed by atoms with Crippen molar-refractivity contribution in [2.24, 2.45) is 0 Å². The topological polar surface area (TPSA) is 132 Å². The molecule has 0 atom stereocenters. The molecular weight excluding hydrogens is 455 g/mol. The number of nitro groups is 1. The van der Waals surface area contributed by atoms with E-state index in [1.807, 2.05) is 0 Å². The number of benzene rings is 2. The molecule has 0 aliphatic carbocycles. The molecule has 2 aromatic carbocycles. The summed E-state index contributed by atoms with van der Waals surface area (Å²) in [5.74, 6) is -0.793. The predicted molar refractivity (Wildman–Crippen MR) is 114 cm³/mol. The molecule has 0 saturated carbocycles. The van der Waals surface area contributed by atoms with Crippen molar-refractivity contribution in [3.05, 3.63) is 75.9 Å². The van der Waals surface area contributed by atoms with Crippen LogP contribution in [0.3, 0.4) is 0 Å². The van der Waals surface area contributed by atoms with Crippen LogP contribution >= 0.6 is 0 Å². The van der Waals surface area contributed by atoms with E-state index in [4.69, 9.17) is 0 Å². The third-order valence-corrected chi connectivity index (χ3v) is 7.26. The third kappa shape index (κ3) is 4.32. The van der Waals surface area contributed by atoms with E-state index in [0.717, 1.165) is 6.07 Å². The van der Waals surface area contributed by atoms with E-state index in [9.17, 15) is 27.7 Å². The molecule has 3 aromatic rings. The minimum Gasteiger partial charge on any atom is -0.335 e. The van der Waals surface area contributed by atoms with Crippen LogP contribution in [0.25, 0.3) is 5.69 Å². The fourth-order valence-electron chi connectivity index (χ4n) is 3.54. The van der Waals surface area contributed by atoms with Gasteiger partial charge in [-0.2, -0.15) is 4.31 Å². The molecule has 11 nitrogen and oxygen atoms in total. The van der Waals surface area contributed by atoms with E-state index < -0.39 is 26.7 Å². The summed E-state index contributed by atoms with van der Waals surface area (Å²) in [7, 11) is -3.95. The van der Waals surface area contributed by atoms with Gasteiger partial charge in [-0.3, -0.25) is 14.9 Å². The molecule has 1 aliphatic rings. The van der Waals surface area contributed by atoms with Crippen molar-refractivity contribution < 1.29 is 22.5 Å².